The molecule has 5 aromatic heterocycles. The molecule has 1 aliphatic carbocycles. The highest BCUT2D eigenvalue weighted by Crippen LogP contribution is 2.45. The third-order valence-electron chi connectivity index (χ3n) is 20.8. The number of para-hydroxylation sites is 2. The summed E-state index contributed by atoms with van der Waals surface area (Å²) in [6, 6.07) is 34.0. The van der Waals surface area contributed by atoms with E-state index in [1.807, 2.05) is 202 Å². The second kappa shape index (κ2) is 47.4. The molecule has 0 saturated carbocycles. The number of benzene rings is 6. The molecule has 1 aliphatic rings. The molecule has 5 heterocycles. The molecule has 35 nitrogen and oxygen atoms in total. The number of likely N-dealkylation sites (N-methyl/N-ethyl adjacent to an activating group) is 6. The molecular weight excluding hydrogens is 1720 g/mol. The highest BCUT2D eigenvalue weighted by Gasteiger charge is 2.32. The number of anilines is 12. The van der Waals surface area contributed by atoms with Crippen LogP contribution in [0.3, 0.4) is 0 Å². The number of carbonyl (C=O) groups excluding carboxylic acids is 6. The minimum atomic E-state index is -0.546. The smallest absolute Gasteiger partial charge is 0.342 e. The Morgan fingerprint density at radius 2 is 0.763 bits per heavy atom. The van der Waals surface area contributed by atoms with Gasteiger partial charge in [0, 0.05) is 132 Å². The zero-order valence-electron chi connectivity index (χ0n) is 80.9. The van der Waals surface area contributed by atoms with E-state index in [9.17, 15) is 28.8 Å². The predicted molar refractivity (Wildman–Crippen MR) is 533 cm³/mol. The lowest BCUT2D eigenvalue weighted by molar-refractivity contribution is -0.112. The lowest BCUT2D eigenvalue weighted by atomic mass is 10.0. The number of nitrogens with zero attached hydrogens (tertiary/aromatic N) is 14. The van der Waals surface area contributed by atoms with Crippen LogP contribution < -0.4 is 70.5 Å². The lowest BCUT2D eigenvalue weighted by Gasteiger charge is -2.26. The minimum absolute atomic E-state index is 0.0928. The number of hydrogen-bond donors (Lipinski definition) is 6. The molecule has 0 bridgehead atoms. The van der Waals surface area contributed by atoms with Gasteiger partial charge in [-0.05, 0) is 170 Å². The van der Waals surface area contributed by atoms with E-state index in [1.165, 1.54) is 36.8 Å². The molecule has 11 aromatic rings. The summed E-state index contributed by atoms with van der Waals surface area (Å²) in [5, 5.41) is 20.1. The molecule has 1 atom stereocenters. The predicted octanol–water partition coefficient (Wildman–Crippen LogP) is 15.4. The highest BCUT2D eigenvalue weighted by atomic mass is 16.7. The summed E-state index contributed by atoms with van der Waals surface area (Å²) < 4.78 is 42.9. The Bertz CT molecular complexity index is 6120. The third-order valence-corrected chi connectivity index (χ3v) is 20.8. The van der Waals surface area contributed by atoms with Crippen molar-refractivity contribution in [2.45, 2.75) is 92.8 Å². The Hall–Kier alpha value is -14.9. The van der Waals surface area contributed by atoms with Crippen molar-refractivity contribution < 1.29 is 71.6 Å². The van der Waals surface area contributed by atoms with E-state index >= 15 is 0 Å². The fraction of sp³-hybridized carbons (Fsp3) is 0.340. The van der Waals surface area contributed by atoms with E-state index in [0.717, 1.165) is 75.2 Å². The molecule has 135 heavy (non-hydrogen) atoms. The van der Waals surface area contributed by atoms with E-state index < -0.39 is 17.9 Å². The molecule has 1 unspecified atom stereocenters. The maximum Gasteiger partial charge on any atom is 0.342 e. The summed E-state index contributed by atoms with van der Waals surface area (Å²) in [5.41, 5.74) is 12.8. The van der Waals surface area contributed by atoms with Crippen LogP contribution in [0.4, 0.5) is 69.0 Å². The fourth-order valence-corrected chi connectivity index (χ4v) is 14.3. The van der Waals surface area contributed by atoms with Crippen LogP contribution in [0.1, 0.15) is 116 Å². The molecule has 12 rings (SSSR count). The van der Waals surface area contributed by atoms with Crippen LogP contribution in [-0.4, -0.2) is 252 Å². The number of methoxy groups -OCH3 is 4. The SMILES string of the molecule is C=CC(=O)Nc1cc(Nc2ncc(C(=O)OC(C)C)c(-c3cn(OC(C)C)c4ccccc34)n2)c(OC)cc1N(C)CCN(C)C.C=CC(=O)Nc1cc(Nc2ncc(C(=O)OC(C)C)c(-c3cn(OCC)c4ccccc34)n2)c(OC)cc1N(C)CCN(C)C.C=CC(=O)Nc1cc(Nc2ncc(C(=O)OC(C)C)c(C3=CC(OC)c4ccccc43)n2)c(OC)cc1N(C)CCN(C)C. The standard InChI is InChI=1S/C34H43N7O5.C33H41N7O5.C33H40N6O5/c1-10-31(42)36-26-17-27(30(44-9)18-29(26)40(8)16-15-39(6)7)37-34-35-19-24(33(43)45-21(2)3)32(38-34)25-20-41(46-22(4)5)28-14-12-11-13-23(25)28;1-9-30(41)35-25-17-26(29(43-8)18-28(25)39(7)16-15-38(5)6)36-33-34-19-23(32(42)45-21(3)4)31(37-33)24-20-40(44-10-2)27-14-12-11-13-22(24)27;1-9-30(40)35-25-17-26(29(43-8)18-27(25)39(6)15-14-38(4)5)36-33-34-19-24(32(41)44-20(2)3)31(37-33)23-16-28(42-7)22-13-11-10-12-21(22)23/h10-14,17-22H,1,15-16H2,2-9H3,(H,36,42)(H,35,37,38);9,11-14,17-21H,1,10,15-16H2,2-8H3,(H,35,41)(H,34,36,37);9-13,16-20,28H,1,14-15H2,2-8H3,(H,35,40)(H,34,36,37). The van der Waals surface area contributed by atoms with E-state index in [1.54, 1.807) is 104 Å². The summed E-state index contributed by atoms with van der Waals surface area (Å²) in [7, 11) is 24.1. The van der Waals surface area contributed by atoms with Crippen LogP contribution in [-0.2, 0) is 33.3 Å². The van der Waals surface area contributed by atoms with Gasteiger partial charge in [0.25, 0.3) is 0 Å². The third kappa shape index (κ3) is 26.3. The van der Waals surface area contributed by atoms with Gasteiger partial charge in [0.1, 0.15) is 52.8 Å². The number of fused-ring (bicyclic) bond motifs is 3. The Kier molecular flexibility index (Phi) is 35.9. The van der Waals surface area contributed by atoms with Crippen molar-refractivity contribution in [1.29, 1.82) is 0 Å². The average molecular weight is 1850 g/mol. The second-order valence-electron chi connectivity index (χ2n) is 33.2. The van der Waals surface area contributed by atoms with Gasteiger partial charge in [-0.3, -0.25) is 14.4 Å². The van der Waals surface area contributed by atoms with Gasteiger partial charge < -0.3 is 104 Å². The molecule has 6 aromatic carbocycles. The molecule has 714 valence electrons. The van der Waals surface area contributed by atoms with Gasteiger partial charge in [-0.2, -0.15) is 9.46 Å². The van der Waals surface area contributed by atoms with E-state index in [0.29, 0.717) is 106 Å². The van der Waals surface area contributed by atoms with Gasteiger partial charge in [-0.1, -0.05) is 80.4 Å². The Balaban J connectivity index is 0.000000210. The fourth-order valence-electron chi connectivity index (χ4n) is 14.3. The van der Waals surface area contributed by atoms with Gasteiger partial charge >= 0.3 is 17.9 Å². The lowest BCUT2D eigenvalue weighted by Crippen LogP contribution is -2.29. The van der Waals surface area contributed by atoms with Crippen LogP contribution >= 0.6 is 0 Å². The number of rotatable bonds is 41. The number of hydrogen-bond acceptors (Lipinski definition) is 30. The molecule has 6 N–H and O–H groups in total. The number of aromatic nitrogens is 8. The first-order valence-corrected chi connectivity index (χ1v) is 44.0. The topological polar surface area (TPSA) is 364 Å². The normalized spacial score (nSPS) is 12.0. The van der Waals surface area contributed by atoms with E-state index in [2.05, 4.69) is 81.3 Å². The van der Waals surface area contributed by atoms with Crippen molar-refractivity contribution in [2.75, 3.05) is 184 Å². The number of ether oxygens (including phenoxy) is 7. The van der Waals surface area contributed by atoms with Crippen molar-refractivity contribution >= 4 is 132 Å². The molecule has 0 fully saturated rings. The van der Waals surface area contributed by atoms with Crippen molar-refractivity contribution in [3.63, 3.8) is 0 Å². The molecule has 3 amide bonds. The van der Waals surface area contributed by atoms with Crippen molar-refractivity contribution in [1.82, 2.24) is 54.1 Å². The second-order valence-corrected chi connectivity index (χ2v) is 33.2. The van der Waals surface area contributed by atoms with Gasteiger partial charge in [0.2, 0.25) is 35.6 Å². The maximum absolute atomic E-state index is 13.3. The van der Waals surface area contributed by atoms with E-state index in [-0.39, 0.29) is 82.8 Å². The monoisotopic (exact) mass is 1840 g/mol. The van der Waals surface area contributed by atoms with Gasteiger partial charge in [0.15, 0.2) is 0 Å². The number of nitrogens with one attached hydrogen (secondary N) is 6. The number of esters is 3. The largest absolute Gasteiger partial charge is 0.494 e. The van der Waals surface area contributed by atoms with Crippen molar-refractivity contribution in [2.24, 2.45) is 0 Å². The first-order chi connectivity index (χ1) is 64.5. The quantitative estimate of drug-likeness (QED) is 0.0118. The summed E-state index contributed by atoms with van der Waals surface area (Å²) in [6.45, 7) is 32.2. The first-order valence-electron chi connectivity index (χ1n) is 44.0. The molecular formula is C100H124N20O15. The first kappa shape index (κ1) is 102. The number of carbonyl (C=O) groups is 6. The maximum atomic E-state index is 13.3. The molecule has 0 spiro atoms. The zero-order valence-corrected chi connectivity index (χ0v) is 80.9. The molecule has 35 heteroatoms. The Labute approximate surface area is 788 Å². The average Bonchev–Trinajstić information content (AvgIpc) is 1.62. The van der Waals surface area contributed by atoms with Crippen LogP contribution in [0.15, 0.2) is 184 Å². The van der Waals surface area contributed by atoms with Crippen molar-refractivity contribution in [3.05, 3.63) is 218 Å². The molecule has 0 saturated heterocycles. The summed E-state index contributed by atoms with van der Waals surface area (Å²) in [5.74, 6) is -0.563. The van der Waals surface area contributed by atoms with E-state index in [4.69, 9.17) is 57.8 Å². The van der Waals surface area contributed by atoms with Crippen LogP contribution in [0.5, 0.6) is 17.2 Å². The molecule has 0 aliphatic heterocycles. The van der Waals surface area contributed by atoms with Crippen LogP contribution in [0.25, 0.3) is 49.9 Å². The Morgan fingerprint density at radius 3 is 1.10 bits per heavy atom. The van der Waals surface area contributed by atoms with Gasteiger partial charge in [-0.15, -0.1) is 0 Å². The van der Waals surface area contributed by atoms with Gasteiger partial charge in [0.05, 0.1) is 131 Å². The zero-order chi connectivity index (χ0) is 98.2. The van der Waals surface area contributed by atoms with Gasteiger partial charge in [-0.25, -0.2) is 44.3 Å². The minimum Gasteiger partial charge on any atom is -0.494 e. The molecule has 0 radical (unpaired) electrons. The summed E-state index contributed by atoms with van der Waals surface area (Å²) >= 11 is 0. The van der Waals surface area contributed by atoms with Crippen LogP contribution in [0.2, 0.25) is 0 Å². The van der Waals surface area contributed by atoms with Crippen molar-refractivity contribution in [3.8, 4) is 39.8 Å². The Morgan fingerprint density at radius 1 is 0.422 bits per heavy atom. The summed E-state index contributed by atoms with van der Waals surface area (Å²) in [6.07, 6.45) is 12.1. The summed E-state index contributed by atoms with van der Waals surface area (Å²) in [4.78, 5) is 129. The number of amides is 3. The highest BCUT2D eigenvalue weighted by molar-refractivity contribution is 6.07. The van der Waals surface area contributed by atoms with Crippen LogP contribution in [0, 0.1) is 0 Å².